The standard InChI is InChI=1S/C47H83NO18/c1-3-5-7-9-10-11-12-13-14-15-16-17-18-19-21-22-24-31(52)30(48-35(53)25-23-20-8-6-4-2)29-61-45-41(59)38(56)43(33(27-50)63-45)66-47-42(60)39(57)44(34(28-51)64-47)65-46-40(58)37(55)36(54)32(26-49)62-46/h13-14,17-18,22,24,30-34,36-47,49-52,54-60H,3-12,15-16,19-21,23,25-29H2,1-2H3,(H,48,53)/b14-13+,18-17+,24-22+. The number of aliphatic hydroxyl groups excluding tert-OH is 11. The molecule has 0 radical (unpaired) electrons. The lowest BCUT2D eigenvalue weighted by Crippen LogP contribution is -2.66. The van der Waals surface area contributed by atoms with Crippen LogP contribution < -0.4 is 5.32 Å². The molecule has 3 aliphatic heterocycles. The summed E-state index contributed by atoms with van der Waals surface area (Å²) in [5.41, 5.74) is 0. The van der Waals surface area contributed by atoms with Crippen LogP contribution in [0.15, 0.2) is 36.5 Å². The largest absolute Gasteiger partial charge is 0.394 e. The maximum absolute atomic E-state index is 13.0. The molecule has 3 fully saturated rings. The molecule has 0 aliphatic carbocycles. The molecule has 0 saturated carbocycles. The molecule has 384 valence electrons. The van der Waals surface area contributed by atoms with Crippen molar-refractivity contribution in [3.05, 3.63) is 36.5 Å². The summed E-state index contributed by atoms with van der Waals surface area (Å²) in [5, 5.41) is 119. The third kappa shape index (κ3) is 19.1. The summed E-state index contributed by atoms with van der Waals surface area (Å²) >= 11 is 0. The fraction of sp³-hybridized carbons (Fsp3) is 0.851. The molecule has 3 aliphatic rings. The molecule has 19 nitrogen and oxygen atoms in total. The molecule has 17 atom stereocenters. The van der Waals surface area contributed by atoms with Crippen molar-refractivity contribution < 1.29 is 89.4 Å². The molecule has 3 saturated heterocycles. The lowest BCUT2D eigenvalue weighted by atomic mass is 9.96. The summed E-state index contributed by atoms with van der Waals surface area (Å²) in [6.07, 6.45) is 2.21. The van der Waals surface area contributed by atoms with E-state index in [1.807, 2.05) is 6.08 Å². The predicted molar refractivity (Wildman–Crippen MR) is 240 cm³/mol. The van der Waals surface area contributed by atoms with Gasteiger partial charge >= 0.3 is 0 Å². The highest BCUT2D eigenvalue weighted by Gasteiger charge is 2.53. The number of allylic oxidation sites excluding steroid dienone is 5. The molecule has 3 heterocycles. The summed E-state index contributed by atoms with van der Waals surface area (Å²) < 4.78 is 33.9. The van der Waals surface area contributed by atoms with Crippen molar-refractivity contribution in [3.63, 3.8) is 0 Å². The molecule has 0 aromatic heterocycles. The summed E-state index contributed by atoms with van der Waals surface area (Å²) in [6, 6.07) is -0.988. The van der Waals surface area contributed by atoms with Crippen LogP contribution in [0.25, 0.3) is 0 Å². The molecule has 0 aromatic carbocycles. The van der Waals surface area contributed by atoms with Gasteiger partial charge in [-0.05, 0) is 44.9 Å². The van der Waals surface area contributed by atoms with Gasteiger partial charge in [-0.3, -0.25) is 4.79 Å². The monoisotopic (exact) mass is 950 g/mol. The quantitative estimate of drug-likeness (QED) is 0.0325. The average molecular weight is 950 g/mol. The predicted octanol–water partition coefficient (Wildman–Crippen LogP) is 0.637. The zero-order valence-corrected chi connectivity index (χ0v) is 38.9. The molecule has 19 heteroatoms. The summed E-state index contributed by atoms with van der Waals surface area (Å²) in [4.78, 5) is 13.0. The van der Waals surface area contributed by atoms with Crippen LogP contribution in [0, 0.1) is 0 Å². The number of amides is 1. The third-order valence-electron chi connectivity index (χ3n) is 12.2. The van der Waals surface area contributed by atoms with Crippen LogP contribution in [-0.4, -0.2) is 193 Å². The Hall–Kier alpha value is -1.99. The summed E-state index contributed by atoms with van der Waals surface area (Å²) in [6.45, 7) is 1.52. The topological polar surface area (TPSA) is 307 Å². The molecule has 3 rings (SSSR count). The highest BCUT2D eigenvalue weighted by Crippen LogP contribution is 2.33. The van der Waals surface area contributed by atoms with Gasteiger partial charge in [-0.2, -0.15) is 0 Å². The number of rotatable bonds is 32. The second-order valence-electron chi connectivity index (χ2n) is 17.6. The molecule has 12 N–H and O–H groups in total. The van der Waals surface area contributed by atoms with Crippen LogP contribution in [0.4, 0.5) is 0 Å². The first-order valence-corrected chi connectivity index (χ1v) is 24.2. The van der Waals surface area contributed by atoms with Crippen LogP contribution in [0.5, 0.6) is 0 Å². The van der Waals surface area contributed by atoms with E-state index in [2.05, 4.69) is 43.5 Å². The minimum Gasteiger partial charge on any atom is -0.394 e. The highest BCUT2D eigenvalue weighted by atomic mass is 16.8. The number of unbranched alkanes of at least 4 members (excludes halogenated alkanes) is 12. The average Bonchev–Trinajstić information content (AvgIpc) is 3.31. The number of carbonyl (C=O) groups is 1. The minimum atomic E-state index is -1.98. The van der Waals surface area contributed by atoms with Gasteiger partial charge in [-0.15, -0.1) is 0 Å². The first kappa shape index (κ1) is 58.3. The van der Waals surface area contributed by atoms with E-state index in [9.17, 15) is 61.0 Å². The van der Waals surface area contributed by atoms with Gasteiger partial charge in [0.15, 0.2) is 18.9 Å². The Morgan fingerprint density at radius 2 is 0.970 bits per heavy atom. The molecule has 17 unspecified atom stereocenters. The summed E-state index contributed by atoms with van der Waals surface area (Å²) in [5.74, 6) is -0.307. The van der Waals surface area contributed by atoms with Gasteiger partial charge in [0.05, 0.1) is 38.6 Å². The van der Waals surface area contributed by atoms with E-state index in [4.69, 9.17) is 28.4 Å². The third-order valence-corrected chi connectivity index (χ3v) is 12.2. The number of hydrogen-bond donors (Lipinski definition) is 12. The van der Waals surface area contributed by atoms with Crippen molar-refractivity contribution in [1.29, 1.82) is 0 Å². The van der Waals surface area contributed by atoms with Crippen LogP contribution in [0.2, 0.25) is 0 Å². The molecule has 66 heavy (non-hydrogen) atoms. The maximum atomic E-state index is 13.0. The Kier molecular flexibility index (Phi) is 28.9. The minimum absolute atomic E-state index is 0.226. The van der Waals surface area contributed by atoms with Crippen molar-refractivity contribution in [2.24, 2.45) is 0 Å². The first-order chi connectivity index (χ1) is 31.8. The van der Waals surface area contributed by atoms with Crippen molar-refractivity contribution in [3.8, 4) is 0 Å². The molecule has 0 spiro atoms. The van der Waals surface area contributed by atoms with Crippen LogP contribution in [0.1, 0.15) is 123 Å². The van der Waals surface area contributed by atoms with Crippen molar-refractivity contribution >= 4 is 5.91 Å². The van der Waals surface area contributed by atoms with Crippen LogP contribution in [-0.2, 0) is 33.2 Å². The van der Waals surface area contributed by atoms with Crippen LogP contribution in [0.3, 0.4) is 0 Å². The molecular weight excluding hydrogens is 867 g/mol. The van der Waals surface area contributed by atoms with E-state index in [1.54, 1.807) is 6.08 Å². The highest BCUT2D eigenvalue weighted by molar-refractivity contribution is 5.76. The zero-order valence-electron chi connectivity index (χ0n) is 38.9. The van der Waals surface area contributed by atoms with Gasteiger partial charge in [0.25, 0.3) is 0 Å². The van der Waals surface area contributed by atoms with Gasteiger partial charge in [-0.1, -0.05) is 108 Å². The van der Waals surface area contributed by atoms with Crippen LogP contribution >= 0.6 is 0 Å². The van der Waals surface area contributed by atoms with Gasteiger partial charge in [0.1, 0.15) is 73.2 Å². The Bertz CT molecular complexity index is 1370. The fourth-order valence-electron chi connectivity index (χ4n) is 8.04. The van der Waals surface area contributed by atoms with E-state index in [1.165, 1.54) is 38.5 Å². The lowest BCUT2D eigenvalue weighted by molar-refractivity contribution is -0.379. The van der Waals surface area contributed by atoms with Crippen molar-refractivity contribution in [2.75, 3.05) is 26.4 Å². The molecule has 0 aromatic rings. The number of carbonyl (C=O) groups excluding carboxylic acids is 1. The number of aliphatic hydroxyl groups is 11. The second kappa shape index (κ2) is 32.8. The SMILES string of the molecule is CCCCCCCC/C=C/CC/C=C/CC/C=C/C(O)C(COC1OC(CO)C(OC2OC(CO)C(OC3OC(CO)C(O)C(O)C3O)C(O)C2O)C(O)C1O)NC(=O)CCCCCCC. The summed E-state index contributed by atoms with van der Waals surface area (Å²) in [7, 11) is 0. The number of nitrogens with one attached hydrogen (secondary N) is 1. The van der Waals surface area contributed by atoms with Gasteiger partial charge in [0.2, 0.25) is 5.91 Å². The van der Waals surface area contributed by atoms with E-state index in [0.29, 0.717) is 12.8 Å². The fourth-order valence-corrected chi connectivity index (χ4v) is 8.04. The Balaban J connectivity index is 1.57. The Labute approximate surface area is 390 Å². The second-order valence-corrected chi connectivity index (χ2v) is 17.6. The van der Waals surface area contributed by atoms with Gasteiger partial charge in [0, 0.05) is 6.42 Å². The van der Waals surface area contributed by atoms with E-state index in [-0.39, 0.29) is 18.9 Å². The molecule has 0 bridgehead atoms. The van der Waals surface area contributed by atoms with Gasteiger partial charge < -0.3 is 89.9 Å². The molecular formula is C47H83NO18. The number of hydrogen-bond acceptors (Lipinski definition) is 18. The van der Waals surface area contributed by atoms with Crippen molar-refractivity contribution in [1.82, 2.24) is 5.32 Å². The lowest BCUT2D eigenvalue weighted by Gasteiger charge is -2.48. The first-order valence-electron chi connectivity index (χ1n) is 24.2. The van der Waals surface area contributed by atoms with E-state index in [0.717, 1.165) is 51.4 Å². The smallest absolute Gasteiger partial charge is 0.220 e. The maximum Gasteiger partial charge on any atom is 0.220 e. The normalized spacial score (nSPS) is 34.1. The zero-order chi connectivity index (χ0) is 48.4. The van der Waals surface area contributed by atoms with Gasteiger partial charge in [-0.25, -0.2) is 0 Å². The Morgan fingerprint density at radius 1 is 0.530 bits per heavy atom. The van der Waals surface area contributed by atoms with Crippen molar-refractivity contribution in [2.45, 2.75) is 227 Å². The Morgan fingerprint density at radius 3 is 1.52 bits per heavy atom. The number of ether oxygens (including phenoxy) is 6. The molecule has 1 amide bonds. The van der Waals surface area contributed by atoms with E-state index < -0.39 is 124 Å². The van der Waals surface area contributed by atoms with E-state index >= 15 is 0 Å².